The molecule has 1 unspecified atom stereocenters. The lowest BCUT2D eigenvalue weighted by Crippen LogP contribution is -2.52. The van der Waals surface area contributed by atoms with Crippen LogP contribution in [0.3, 0.4) is 0 Å². The number of piperidine rings is 1. The van der Waals surface area contributed by atoms with Gasteiger partial charge in [0, 0.05) is 13.1 Å². The van der Waals surface area contributed by atoms with Crippen molar-refractivity contribution in [3.63, 3.8) is 0 Å². The van der Waals surface area contributed by atoms with E-state index in [0.717, 1.165) is 5.56 Å². The number of furan rings is 1. The molecule has 0 aliphatic carbocycles. The van der Waals surface area contributed by atoms with Crippen molar-refractivity contribution in [2.45, 2.75) is 26.2 Å². The molecule has 0 spiro atoms. The first kappa shape index (κ1) is 20.6. The van der Waals surface area contributed by atoms with Crippen LogP contribution in [0.4, 0.5) is 0 Å². The van der Waals surface area contributed by atoms with Gasteiger partial charge in [-0.25, -0.2) is 0 Å². The SMILES string of the molecule is CCOC(=O)C1(C/C=C/c2ccccc2)CCCN(C(=O)C(=O)c2ccco2)C1. The highest BCUT2D eigenvalue weighted by Crippen LogP contribution is 2.36. The number of Topliss-reactive ketones (excluding diaryl/α,β-unsaturated/α-hetero) is 1. The van der Waals surface area contributed by atoms with Gasteiger partial charge in [-0.2, -0.15) is 0 Å². The Balaban J connectivity index is 1.78. The van der Waals surface area contributed by atoms with E-state index < -0.39 is 17.1 Å². The van der Waals surface area contributed by atoms with Gasteiger partial charge in [0.05, 0.1) is 18.3 Å². The molecule has 0 N–H and O–H groups in total. The molecule has 2 aromatic rings. The lowest BCUT2D eigenvalue weighted by Gasteiger charge is -2.40. The van der Waals surface area contributed by atoms with Crippen LogP contribution in [0, 0.1) is 5.41 Å². The van der Waals surface area contributed by atoms with Crippen molar-refractivity contribution in [2.24, 2.45) is 5.41 Å². The molecule has 1 saturated heterocycles. The molecule has 1 amide bonds. The largest absolute Gasteiger partial charge is 0.466 e. The Labute approximate surface area is 170 Å². The Hall–Kier alpha value is -3.15. The average Bonchev–Trinajstić information content (AvgIpc) is 3.29. The minimum absolute atomic E-state index is 0.00582. The Morgan fingerprint density at radius 2 is 1.97 bits per heavy atom. The van der Waals surface area contributed by atoms with Crippen molar-refractivity contribution in [3.8, 4) is 0 Å². The topological polar surface area (TPSA) is 76.8 Å². The fraction of sp³-hybridized carbons (Fsp3) is 0.348. The molecule has 0 radical (unpaired) electrons. The fourth-order valence-corrected chi connectivity index (χ4v) is 3.65. The van der Waals surface area contributed by atoms with Crippen LogP contribution < -0.4 is 0 Å². The van der Waals surface area contributed by atoms with Gasteiger partial charge in [0.2, 0.25) is 0 Å². The number of allylic oxidation sites excluding steroid dienone is 1. The first-order valence-electron chi connectivity index (χ1n) is 9.82. The standard InChI is InChI=1S/C23H25NO5/c1-2-28-22(27)23(13-6-11-18-9-4-3-5-10-18)14-8-15-24(17-23)21(26)20(25)19-12-7-16-29-19/h3-7,9-12,16H,2,8,13-15,17H2,1H3/b11-6+. The maximum absolute atomic E-state index is 12.8. The second-order valence-electron chi connectivity index (χ2n) is 7.15. The molecule has 1 fully saturated rings. The van der Waals surface area contributed by atoms with Gasteiger partial charge in [-0.3, -0.25) is 14.4 Å². The van der Waals surface area contributed by atoms with E-state index in [-0.39, 0.29) is 24.9 Å². The Morgan fingerprint density at radius 1 is 1.17 bits per heavy atom. The van der Waals surface area contributed by atoms with Crippen LogP contribution in [0.15, 0.2) is 59.2 Å². The summed E-state index contributed by atoms with van der Waals surface area (Å²) in [5, 5.41) is 0. The van der Waals surface area contributed by atoms with Crippen molar-refractivity contribution < 1.29 is 23.5 Å². The van der Waals surface area contributed by atoms with Crippen molar-refractivity contribution in [2.75, 3.05) is 19.7 Å². The predicted octanol–water partition coefficient (Wildman–Crippen LogP) is 3.74. The smallest absolute Gasteiger partial charge is 0.314 e. The van der Waals surface area contributed by atoms with Gasteiger partial charge in [0.25, 0.3) is 11.7 Å². The first-order chi connectivity index (χ1) is 14.1. The molecular weight excluding hydrogens is 370 g/mol. The molecule has 1 aliphatic rings. The highest BCUT2D eigenvalue weighted by atomic mass is 16.5. The van der Waals surface area contributed by atoms with E-state index in [9.17, 15) is 14.4 Å². The van der Waals surface area contributed by atoms with Crippen LogP contribution in [-0.4, -0.2) is 42.3 Å². The van der Waals surface area contributed by atoms with Gasteiger partial charge in [0.15, 0.2) is 5.76 Å². The summed E-state index contributed by atoms with van der Waals surface area (Å²) in [5.41, 5.74) is 0.168. The van der Waals surface area contributed by atoms with Gasteiger partial charge in [-0.1, -0.05) is 42.5 Å². The molecule has 0 bridgehead atoms. The third-order valence-electron chi connectivity index (χ3n) is 5.13. The number of nitrogens with zero attached hydrogens (tertiary/aromatic N) is 1. The maximum atomic E-state index is 12.8. The summed E-state index contributed by atoms with van der Waals surface area (Å²) >= 11 is 0. The normalized spacial score (nSPS) is 19.3. The lowest BCUT2D eigenvalue weighted by atomic mass is 9.76. The van der Waals surface area contributed by atoms with Gasteiger partial charge >= 0.3 is 5.97 Å². The Kier molecular flexibility index (Phi) is 6.65. The molecule has 1 atom stereocenters. The van der Waals surface area contributed by atoms with Gasteiger partial charge in [-0.15, -0.1) is 0 Å². The van der Waals surface area contributed by atoms with Crippen molar-refractivity contribution in [1.29, 1.82) is 0 Å². The summed E-state index contributed by atoms with van der Waals surface area (Å²) in [6.45, 7) is 2.60. The average molecular weight is 395 g/mol. The van der Waals surface area contributed by atoms with E-state index in [1.54, 1.807) is 13.0 Å². The van der Waals surface area contributed by atoms with E-state index >= 15 is 0 Å². The summed E-state index contributed by atoms with van der Waals surface area (Å²) < 4.78 is 10.4. The van der Waals surface area contributed by atoms with Crippen molar-refractivity contribution in [3.05, 3.63) is 66.1 Å². The van der Waals surface area contributed by atoms with Crippen LogP contribution in [0.25, 0.3) is 6.08 Å². The van der Waals surface area contributed by atoms with Crippen LogP contribution in [-0.2, 0) is 14.3 Å². The molecule has 29 heavy (non-hydrogen) atoms. The molecule has 152 valence electrons. The lowest BCUT2D eigenvalue weighted by molar-refractivity contribution is -0.160. The monoisotopic (exact) mass is 395 g/mol. The number of hydrogen-bond acceptors (Lipinski definition) is 5. The summed E-state index contributed by atoms with van der Waals surface area (Å²) in [5.74, 6) is -1.68. The van der Waals surface area contributed by atoms with Crippen LogP contribution >= 0.6 is 0 Å². The molecular formula is C23H25NO5. The number of benzene rings is 1. The Morgan fingerprint density at radius 3 is 2.66 bits per heavy atom. The molecule has 6 nitrogen and oxygen atoms in total. The Bertz CT molecular complexity index is 872. The third-order valence-corrected chi connectivity index (χ3v) is 5.13. The van der Waals surface area contributed by atoms with Crippen molar-refractivity contribution in [1.82, 2.24) is 4.90 Å². The van der Waals surface area contributed by atoms with Crippen LogP contribution in [0.5, 0.6) is 0 Å². The molecule has 1 aliphatic heterocycles. The highest BCUT2D eigenvalue weighted by Gasteiger charge is 2.45. The minimum atomic E-state index is -0.862. The zero-order valence-corrected chi connectivity index (χ0v) is 16.5. The number of likely N-dealkylation sites (tertiary alicyclic amines) is 1. The molecule has 2 heterocycles. The number of esters is 1. The molecule has 3 rings (SSSR count). The van der Waals surface area contributed by atoms with E-state index in [4.69, 9.17) is 9.15 Å². The maximum Gasteiger partial charge on any atom is 0.314 e. The molecule has 6 heteroatoms. The number of ketones is 1. The summed E-state index contributed by atoms with van der Waals surface area (Å²) in [6, 6.07) is 12.8. The number of ether oxygens (including phenoxy) is 1. The number of carbonyl (C=O) groups excluding carboxylic acids is 3. The number of amides is 1. The molecule has 0 saturated carbocycles. The minimum Gasteiger partial charge on any atom is -0.466 e. The number of carbonyl (C=O) groups is 3. The van der Waals surface area contributed by atoms with Gasteiger partial charge in [-0.05, 0) is 43.9 Å². The first-order valence-corrected chi connectivity index (χ1v) is 9.82. The van der Waals surface area contributed by atoms with Crippen LogP contribution in [0.2, 0.25) is 0 Å². The van der Waals surface area contributed by atoms with E-state index in [0.29, 0.717) is 25.8 Å². The third kappa shape index (κ3) is 4.83. The van der Waals surface area contributed by atoms with Crippen molar-refractivity contribution >= 4 is 23.7 Å². The predicted molar refractivity (Wildman–Crippen MR) is 108 cm³/mol. The number of rotatable bonds is 7. The molecule has 1 aromatic heterocycles. The summed E-state index contributed by atoms with van der Waals surface area (Å²) in [6.07, 6.45) is 6.90. The zero-order chi connectivity index (χ0) is 20.7. The summed E-state index contributed by atoms with van der Waals surface area (Å²) in [4.78, 5) is 39.4. The van der Waals surface area contributed by atoms with Gasteiger partial charge < -0.3 is 14.1 Å². The fourth-order valence-electron chi connectivity index (χ4n) is 3.65. The van der Waals surface area contributed by atoms with E-state index in [1.165, 1.54) is 17.2 Å². The number of hydrogen-bond donors (Lipinski definition) is 0. The quantitative estimate of drug-likeness (QED) is 0.405. The van der Waals surface area contributed by atoms with E-state index in [1.807, 2.05) is 42.5 Å². The second kappa shape index (κ2) is 9.37. The summed E-state index contributed by atoms with van der Waals surface area (Å²) in [7, 11) is 0. The molecule has 1 aromatic carbocycles. The second-order valence-corrected chi connectivity index (χ2v) is 7.15. The van der Waals surface area contributed by atoms with Gasteiger partial charge in [0.1, 0.15) is 0 Å². The van der Waals surface area contributed by atoms with E-state index in [2.05, 4.69) is 0 Å². The zero-order valence-electron chi connectivity index (χ0n) is 16.5. The highest BCUT2D eigenvalue weighted by molar-refractivity contribution is 6.41. The van der Waals surface area contributed by atoms with Crippen LogP contribution in [0.1, 0.15) is 42.3 Å².